The predicted molar refractivity (Wildman–Crippen MR) is 25.0 cm³/mol. The van der Waals surface area contributed by atoms with Gasteiger partial charge in [-0.15, -0.1) is 0 Å². The van der Waals surface area contributed by atoms with Gasteiger partial charge in [0, 0.05) is 0 Å². The molecule has 0 nitrogen and oxygen atoms in total. The molecule has 0 amide bonds. The van der Waals surface area contributed by atoms with E-state index in [1.54, 1.807) is 0 Å². The van der Waals surface area contributed by atoms with Gasteiger partial charge in [-0.1, -0.05) is 0 Å². The van der Waals surface area contributed by atoms with Crippen molar-refractivity contribution >= 4 is 113 Å². The van der Waals surface area contributed by atoms with Gasteiger partial charge in [-0.2, -0.15) is 0 Å². The monoisotopic (exact) mass is 150 g/mol. The molecule has 0 aromatic heterocycles. The van der Waals surface area contributed by atoms with E-state index in [4.69, 9.17) is 0 Å². The Morgan fingerprint density at radius 3 is 0.750 bits per heavy atom. The summed E-state index contributed by atoms with van der Waals surface area (Å²) in [6, 6.07) is 0. The molecule has 0 radical (unpaired) electrons. The molecule has 4 heavy (non-hydrogen) atoms. The summed E-state index contributed by atoms with van der Waals surface area (Å²) in [4.78, 5) is 0. The maximum atomic E-state index is 0. The molecule has 0 N–H and O–H groups in total. The third-order valence-electron chi connectivity index (χ3n) is 0. The van der Waals surface area contributed by atoms with E-state index in [1.165, 1.54) is 0 Å². The first kappa shape index (κ1) is 23.3. The average Bonchev–Trinajstić information content (AvgIpc) is 0. The van der Waals surface area contributed by atoms with Gasteiger partial charge in [0.1, 0.15) is 0 Å². The Morgan fingerprint density at radius 2 is 0.750 bits per heavy atom. The summed E-state index contributed by atoms with van der Waals surface area (Å²) in [5.74, 6) is 0. The Kier molecular flexibility index (Phi) is 91.0. The molecular weight excluding hydrogens is 143 g/mol. The fraction of sp³-hybridized carbons (Fsp3) is 0. The van der Waals surface area contributed by atoms with Crippen LogP contribution in [0.25, 0.3) is 0 Å². The molecule has 0 unspecified atom stereocenters. The molecule has 4 heteroatoms. The van der Waals surface area contributed by atoms with E-state index in [0.29, 0.717) is 0 Å². The van der Waals surface area contributed by atoms with Crippen LogP contribution in [-0.4, -0.2) is 113 Å². The quantitative estimate of drug-likeness (QED) is 0.317. The van der Waals surface area contributed by atoms with Crippen molar-refractivity contribution in [2.45, 2.75) is 0 Å². The van der Waals surface area contributed by atoms with Gasteiger partial charge >= 0.3 is 143 Å². The van der Waals surface area contributed by atoms with Crippen LogP contribution in [0.3, 0.4) is 0 Å². The maximum absolute atomic E-state index is 0. The van der Waals surface area contributed by atoms with E-state index >= 15 is 0 Å². The molecular formula is H7Ca3Na. The van der Waals surface area contributed by atoms with Crippen LogP contribution < -0.4 is 29.6 Å². The Bertz CT molecular complexity index is 13.6. The van der Waals surface area contributed by atoms with Crippen LogP contribution in [0.2, 0.25) is 0 Å². The minimum absolute atomic E-state index is 0. The van der Waals surface area contributed by atoms with E-state index in [2.05, 4.69) is 0 Å². The van der Waals surface area contributed by atoms with Crippen LogP contribution in [0.5, 0.6) is 0 Å². The zero-order chi connectivity index (χ0) is 0. The standard InChI is InChI=1S/3Ca.Na.7H/q3*+2;+1;7*-1. The zero-order valence-corrected chi connectivity index (χ0v) is 11.7. The first-order valence-electron chi connectivity index (χ1n) is 0. The fourth-order valence-electron chi connectivity index (χ4n) is 0. The second kappa shape index (κ2) is 15.7. The zero-order valence-electron chi connectivity index (χ0n) is 10.1. The maximum Gasteiger partial charge on any atom is 2.00 e. The Labute approximate surface area is 149 Å². The van der Waals surface area contributed by atoms with Crippen LogP contribution in [0.4, 0.5) is 0 Å². The van der Waals surface area contributed by atoms with Crippen molar-refractivity contribution in [1.29, 1.82) is 0 Å². The minimum Gasteiger partial charge on any atom is -1.00 e. The summed E-state index contributed by atoms with van der Waals surface area (Å²) < 4.78 is 0. The van der Waals surface area contributed by atoms with Crippen LogP contribution in [0.1, 0.15) is 9.99 Å². The summed E-state index contributed by atoms with van der Waals surface area (Å²) in [7, 11) is 0. The topological polar surface area (TPSA) is 0 Å². The molecule has 0 atom stereocenters. The molecule has 0 aliphatic heterocycles. The second-order valence-corrected chi connectivity index (χ2v) is 0. The van der Waals surface area contributed by atoms with Crippen molar-refractivity contribution in [3.05, 3.63) is 0 Å². The van der Waals surface area contributed by atoms with Gasteiger partial charge in [-0.3, -0.25) is 0 Å². The van der Waals surface area contributed by atoms with Gasteiger partial charge in [0.25, 0.3) is 0 Å². The summed E-state index contributed by atoms with van der Waals surface area (Å²) in [6.45, 7) is 0. The Morgan fingerprint density at radius 1 is 0.750 bits per heavy atom. The molecule has 0 aromatic rings. The molecule has 0 bridgehead atoms. The fourth-order valence-corrected chi connectivity index (χ4v) is 0. The van der Waals surface area contributed by atoms with E-state index in [9.17, 15) is 0 Å². The van der Waals surface area contributed by atoms with E-state index in [0.717, 1.165) is 0 Å². The molecule has 0 saturated carbocycles. The SMILES string of the molecule is [Ca+2].[Ca+2].[Ca+2].[H-].[H-].[H-].[H-].[H-].[H-].[H-].[Na+]. The van der Waals surface area contributed by atoms with Crippen LogP contribution in [0, 0.1) is 0 Å². The number of hydrogen-bond acceptors (Lipinski definition) is 0. The normalized spacial score (nSPS) is 0. The van der Waals surface area contributed by atoms with E-state index in [1.807, 2.05) is 0 Å². The van der Waals surface area contributed by atoms with Crippen molar-refractivity contribution in [3.8, 4) is 0 Å². The van der Waals surface area contributed by atoms with Gasteiger partial charge in [-0.05, 0) is 0 Å². The molecule has 0 aliphatic carbocycles. The van der Waals surface area contributed by atoms with Crippen molar-refractivity contribution in [2.75, 3.05) is 0 Å². The molecule has 0 fully saturated rings. The van der Waals surface area contributed by atoms with Crippen molar-refractivity contribution in [2.24, 2.45) is 0 Å². The van der Waals surface area contributed by atoms with Gasteiger partial charge < -0.3 is 9.99 Å². The number of hydrogen-bond donors (Lipinski definition) is 0. The smallest absolute Gasteiger partial charge is 1.00 e. The molecule has 0 spiro atoms. The summed E-state index contributed by atoms with van der Waals surface area (Å²) >= 11 is 0. The van der Waals surface area contributed by atoms with Crippen molar-refractivity contribution < 1.29 is 39.5 Å². The molecule has 14 valence electrons. The van der Waals surface area contributed by atoms with Gasteiger partial charge in [0.05, 0.1) is 0 Å². The van der Waals surface area contributed by atoms with Crippen LogP contribution in [0.15, 0.2) is 0 Å². The first-order chi connectivity index (χ1) is 0. The van der Waals surface area contributed by atoms with Crippen molar-refractivity contribution in [1.82, 2.24) is 0 Å². The van der Waals surface area contributed by atoms with Crippen molar-refractivity contribution in [3.63, 3.8) is 0 Å². The van der Waals surface area contributed by atoms with Gasteiger partial charge in [-0.25, -0.2) is 0 Å². The summed E-state index contributed by atoms with van der Waals surface area (Å²) in [5, 5.41) is 0. The van der Waals surface area contributed by atoms with E-state index in [-0.39, 0.29) is 153 Å². The summed E-state index contributed by atoms with van der Waals surface area (Å²) in [6.07, 6.45) is 0. The Balaban J connectivity index is 0. The predicted octanol–water partition coefficient (Wildman–Crippen LogP) is -3.35. The molecule has 0 heterocycles. The molecule has 0 aromatic carbocycles. The van der Waals surface area contributed by atoms with Gasteiger partial charge in [0.2, 0.25) is 0 Å². The minimum atomic E-state index is 0. The molecule has 0 saturated heterocycles. The second-order valence-electron chi connectivity index (χ2n) is 0. The third kappa shape index (κ3) is 9.91. The molecule has 0 rings (SSSR count). The average molecular weight is 150 g/mol. The van der Waals surface area contributed by atoms with Crippen LogP contribution >= 0.6 is 0 Å². The Hall–Kier alpha value is 4.78. The van der Waals surface area contributed by atoms with Crippen LogP contribution in [-0.2, 0) is 0 Å². The van der Waals surface area contributed by atoms with Gasteiger partial charge in [0.15, 0.2) is 0 Å². The first-order valence-corrected chi connectivity index (χ1v) is 0. The van der Waals surface area contributed by atoms with E-state index < -0.39 is 0 Å². The summed E-state index contributed by atoms with van der Waals surface area (Å²) in [5.41, 5.74) is 0. The third-order valence-corrected chi connectivity index (χ3v) is 0. The largest absolute Gasteiger partial charge is 2.00 e. The number of rotatable bonds is 0. The molecule has 0 aliphatic rings.